The highest BCUT2D eigenvalue weighted by Crippen LogP contribution is 2.21. The van der Waals surface area contributed by atoms with E-state index in [-0.39, 0.29) is 0 Å². The van der Waals surface area contributed by atoms with E-state index in [2.05, 4.69) is 41.5 Å². The lowest BCUT2D eigenvalue weighted by Gasteiger charge is -2.13. The fourth-order valence-corrected chi connectivity index (χ4v) is 4.71. The van der Waals surface area contributed by atoms with Gasteiger partial charge in [0.1, 0.15) is 0 Å². The molecule has 0 rings (SSSR count). The van der Waals surface area contributed by atoms with E-state index in [1.54, 1.807) is 0 Å². The van der Waals surface area contributed by atoms with Gasteiger partial charge < -0.3 is 0 Å². The first-order valence-corrected chi connectivity index (χ1v) is 14.5. The average Bonchev–Trinajstić information content (AvgIpc) is 2.74. The van der Waals surface area contributed by atoms with Crippen molar-refractivity contribution in [3.05, 3.63) is 0 Å². The Kier molecular flexibility index (Phi) is 22.2. The van der Waals surface area contributed by atoms with Gasteiger partial charge in [-0.1, -0.05) is 170 Å². The molecule has 0 heteroatoms. The minimum absolute atomic E-state index is 0.938. The quantitative estimate of drug-likeness (QED) is 0.144. The Bertz CT molecular complexity index is 288. The van der Waals surface area contributed by atoms with Gasteiger partial charge in [-0.05, 0) is 23.7 Å². The van der Waals surface area contributed by atoms with Crippen LogP contribution in [0.5, 0.6) is 0 Å². The first kappa shape index (κ1) is 30.0. The zero-order chi connectivity index (χ0) is 22.5. The topological polar surface area (TPSA) is 0 Å². The van der Waals surface area contributed by atoms with Crippen molar-refractivity contribution in [2.45, 2.75) is 170 Å². The second-order valence-electron chi connectivity index (χ2n) is 11.2. The summed E-state index contributed by atoms with van der Waals surface area (Å²) in [7, 11) is 0. The second kappa shape index (κ2) is 22.2. The van der Waals surface area contributed by atoms with Crippen LogP contribution in [0.15, 0.2) is 0 Å². The van der Waals surface area contributed by atoms with Crippen molar-refractivity contribution >= 4 is 0 Å². The van der Waals surface area contributed by atoms with Crippen LogP contribution in [0.3, 0.4) is 0 Å². The minimum atomic E-state index is 0.938. The molecule has 0 aliphatic carbocycles. The molecular formula is C30H62. The Morgan fingerprint density at radius 1 is 0.300 bits per heavy atom. The highest BCUT2D eigenvalue weighted by Gasteiger charge is 2.05. The lowest BCUT2D eigenvalue weighted by Crippen LogP contribution is -1.97. The van der Waals surface area contributed by atoms with Crippen molar-refractivity contribution < 1.29 is 0 Å². The number of hydrogen-bond acceptors (Lipinski definition) is 0. The predicted octanol–water partition coefficient (Wildman–Crippen LogP) is 11.4. The maximum atomic E-state index is 2.48. The maximum absolute atomic E-state index is 2.48. The number of unbranched alkanes of at least 4 members (excludes halogenated alkanes) is 9. The third kappa shape index (κ3) is 21.2. The van der Waals surface area contributed by atoms with E-state index in [9.17, 15) is 0 Å². The first-order chi connectivity index (χ1) is 14.5. The monoisotopic (exact) mass is 422 g/mol. The van der Waals surface area contributed by atoms with Crippen molar-refractivity contribution in [1.29, 1.82) is 0 Å². The van der Waals surface area contributed by atoms with Gasteiger partial charge in [-0.3, -0.25) is 0 Å². The van der Waals surface area contributed by atoms with Gasteiger partial charge in [-0.25, -0.2) is 0 Å². The molecule has 0 saturated carbocycles. The number of rotatable bonds is 23. The van der Waals surface area contributed by atoms with Crippen LogP contribution in [0.4, 0.5) is 0 Å². The molecule has 0 heterocycles. The van der Waals surface area contributed by atoms with Crippen LogP contribution in [0.25, 0.3) is 0 Å². The van der Waals surface area contributed by atoms with Crippen molar-refractivity contribution in [2.75, 3.05) is 0 Å². The molecule has 0 amide bonds. The van der Waals surface area contributed by atoms with Gasteiger partial charge >= 0.3 is 0 Å². The molecule has 0 radical (unpaired) electrons. The molecule has 4 atom stereocenters. The maximum Gasteiger partial charge on any atom is -0.0443 e. The van der Waals surface area contributed by atoms with Crippen LogP contribution in [-0.2, 0) is 0 Å². The standard InChI is InChI=1S/C30H62/c1-7-27(3)21-17-19-25-29(5)23-15-13-11-9-10-12-14-16-24-30(6)26-20-18-22-28(4)8-2/h27-30H,7-26H2,1-6H3. The smallest absolute Gasteiger partial charge is 0.0443 e. The molecule has 0 aliphatic rings. The molecule has 0 spiro atoms. The lowest BCUT2D eigenvalue weighted by atomic mass is 9.94. The Balaban J connectivity index is 3.28. The molecule has 0 aromatic carbocycles. The van der Waals surface area contributed by atoms with Crippen molar-refractivity contribution in [2.24, 2.45) is 23.7 Å². The van der Waals surface area contributed by atoms with Crippen LogP contribution in [-0.4, -0.2) is 0 Å². The highest BCUT2D eigenvalue weighted by molar-refractivity contribution is 4.59. The van der Waals surface area contributed by atoms with Crippen LogP contribution < -0.4 is 0 Å². The van der Waals surface area contributed by atoms with Crippen molar-refractivity contribution in [3.63, 3.8) is 0 Å². The van der Waals surface area contributed by atoms with E-state index in [1.807, 2.05) is 0 Å². The summed E-state index contributed by atoms with van der Waals surface area (Å²) in [6.45, 7) is 14.4. The van der Waals surface area contributed by atoms with Crippen LogP contribution in [0, 0.1) is 23.7 Å². The summed E-state index contributed by atoms with van der Waals surface area (Å²) in [5, 5.41) is 0. The van der Waals surface area contributed by atoms with Gasteiger partial charge in [0.05, 0.1) is 0 Å². The summed E-state index contributed by atoms with van der Waals surface area (Å²) in [4.78, 5) is 0. The van der Waals surface area contributed by atoms with E-state index < -0.39 is 0 Å². The third-order valence-corrected chi connectivity index (χ3v) is 7.83. The van der Waals surface area contributed by atoms with Crippen LogP contribution in [0.1, 0.15) is 170 Å². The van der Waals surface area contributed by atoms with Gasteiger partial charge in [0.25, 0.3) is 0 Å². The molecule has 0 fully saturated rings. The zero-order valence-electron chi connectivity index (χ0n) is 22.5. The zero-order valence-corrected chi connectivity index (χ0v) is 22.5. The molecule has 0 N–H and O–H groups in total. The predicted molar refractivity (Wildman–Crippen MR) is 140 cm³/mol. The van der Waals surface area contributed by atoms with Gasteiger partial charge in [0.2, 0.25) is 0 Å². The minimum Gasteiger partial charge on any atom is -0.0651 e. The Morgan fingerprint density at radius 2 is 0.500 bits per heavy atom. The van der Waals surface area contributed by atoms with Gasteiger partial charge in [-0.15, -0.1) is 0 Å². The Morgan fingerprint density at radius 3 is 0.767 bits per heavy atom. The molecule has 182 valence electrons. The highest BCUT2D eigenvalue weighted by atomic mass is 14.1. The fourth-order valence-electron chi connectivity index (χ4n) is 4.71. The van der Waals surface area contributed by atoms with Crippen LogP contribution >= 0.6 is 0 Å². The summed E-state index contributed by atoms with van der Waals surface area (Å²) in [5.74, 6) is 3.79. The molecule has 0 aliphatic heterocycles. The lowest BCUT2D eigenvalue weighted by molar-refractivity contribution is 0.409. The average molecular weight is 423 g/mol. The summed E-state index contributed by atoms with van der Waals surface area (Å²) in [6, 6.07) is 0. The first-order valence-electron chi connectivity index (χ1n) is 14.5. The second-order valence-corrected chi connectivity index (χ2v) is 11.2. The van der Waals surface area contributed by atoms with Gasteiger partial charge in [0, 0.05) is 0 Å². The molecule has 0 aromatic heterocycles. The summed E-state index contributed by atoms with van der Waals surface area (Å²) >= 11 is 0. The molecule has 4 unspecified atom stereocenters. The van der Waals surface area contributed by atoms with E-state index in [0.29, 0.717) is 0 Å². The van der Waals surface area contributed by atoms with E-state index in [0.717, 1.165) is 23.7 Å². The summed E-state index contributed by atoms with van der Waals surface area (Å²) in [6.07, 6.45) is 29.1. The summed E-state index contributed by atoms with van der Waals surface area (Å²) in [5.41, 5.74) is 0. The Labute approximate surface area is 193 Å². The fraction of sp³-hybridized carbons (Fsp3) is 1.00. The van der Waals surface area contributed by atoms with Gasteiger partial charge in [-0.2, -0.15) is 0 Å². The van der Waals surface area contributed by atoms with Crippen LogP contribution in [0.2, 0.25) is 0 Å². The largest absolute Gasteiger partial charge is 0.0651 e. The normalized spacial score (nSPS) is 15.8. The molecular weight excluding hydrogens is 360 g/mol. The molecule has 30 heavy (non-hydrogen) atoms. The van der Waals surface area contributed by atoms with E-state index in [4.69, 9.17) is 0 Å². The van der Waals surface area contributed by atoms with E-state index in [1.165, 1.54) is 128 Å². The van der Waals surface area contributed by atoms with Crippen molar-refractivity contribution in [1.82, 2.24) is 0 Å². The molecule has 0 bridgehead atoms. The Hall–Kier alpha value is 0. The van der Waals surface area contributed by atoms with Gasteiger partial charge in [0.15, 0.2) is 0 Å². The molecule has 0 saturated heterocycles. The summed E-state index contributed by atoms with van der Waals surface area (Å²) < 4.78 is 0. The molecule has 0 nitrogen and oxygen atoms in total. The van der Waals surface area contributed by atoms with Crippen molar-refractivity contribution in [3.8, 4) is 0 Å². The number of hydrogen-bond donors (Lipinski definition) is 0. The molecule has 0 aromatic rings. The third-order valence-electron chi connectivity index (χ3n) is 7.83. The van der Waals surface area contributed by atoms with E-state index >= 15 is 0 Å². The SMILES string of the molecule is CCC(C)CCCCC(C)CCCCCCCCCCC(C)CCCCC(C)CC.